The molecule has 0 radical (unpaired) electrons. The zero-order valence-corrected chi connectivity index (χ0v) is 19.9. The highest BCUT2D eigenvalue weighted by Crippen LogP contribution is 2.40. The van der Waals surface area contributed by atoms with Crippen LogP contribution < -0.4 is 10.6 Å². The van der Waals surface area contributed by atoms with Crippen molar-refractivity contribution in [1.82, 2.24) is 4.90 Å². The standard InChI is InChI=1S/C25H24ClN3O3S/c1-29(2)13-15-3-7-18(8-4-15)27-24(21-11-16(14-33-21)5-10-22(30)31)23-19-9-6-17(26)12-20(19)28-25(23)32/h3-4,6-9,11-12,14,27H,5,10,13H2,1-2H3,(H,28,32)(H,30,31). The first-order valence-electron chi connectivity index (χ1n) is 10.5. The predicted molar refractivity (Wildman–Crippen MR) is 135 cm³/mol. The summed E-state index contributed by atoms with van der Waals surface area (Å²) in [5.74, 6) is -1.04. The fourth-order valence-electron chi connectivity index (χ4n) is 3.73. The molecule has 0 bridgehead atoms. The van der Waals surface area contributed by atoms with Crippen LogP contribution in [0.1, 0.15) is 28.0 Å². The molecule has 2 aromatic carbocycles. The van der Waals surface area contributed by atoms with Crippen LogP contribution in [0, 0.1) is 0 Å². The normalized spacial score (nSPS) is 14.2. The second kappa shape index (κ2) is 9.79. The van der Waals surface area contributed by atoms with Crippen LogP contribution in [0.5, 0.6) is 0 Å². The molecule has 170 valence electrons. The van der Waals surface area contributed by atoms with Crippen molar-refractivity contribution < 1.29 is 14.7 Å². The van der Waals surface area contributed by atoms with Crippen molar-refractivity contribution in [2.75, 3.05) is 24.7 Å². The number of hydrogen-bond donors (Lipinski definition) is 3. The molecule has 1 aliphatic rings. The highest BCUT2D eigenvalue weighted by atomic mass is 35.5. The van der Waals surface area contributed by atoms with Crippen LogP contribution in [0.2, 0.25) is 5.02 Å². The molecule has 1 amide bonds. The molecular weight excluding hydrogens is 458 g/mol. The molecule has 3 aromatic rings. The number of nitrogens with one attached hydrogen (secondary N) is 2. The number of fused-ring (bicyclic) bond motifs is 1. The Labute approximate surface area is 201 Å². The molecule has 33 heavy (non-hydrogen) atoms. The Morgan fingerprint density at radius 3 is 2.58 bits per heavy atom. The smallest absolute Gasteiger partial charge is 0.303 e. The molecule has 1 aromatic heterocycles. The van der Waals surface area contributed by atoms with Gasteiger partial charge in [-0.1, -0.05) is 29.8 Å². The molecule has 0 saturated heterocycles. The quantitative estimate of drug-likeness (QED) is 0.374. The van der Waals surface area contributed by atoms with E-state index in [0.29, 0.717) is 28.4 Å². The van der Waals surface area contributed by atoms with Gasteiger partial charge in [0.1, 0.15) is 0 Å². The number of rotatable bonds is 8. The lowest BCUT2D eigenvalue weighted by Crippen LogP contribution is -2.11. The molecular formula is C25H24ClN3O3S. The lowest BCUT2D eigenvalue weighted by atomic mass is 10.0. The minimum Gasteiger partial charge on any atom is -0.481 e. The van der Waals surface area contributed by atoms with Crippen molar-refractivity contribution in [2.24, 2.45) is 0 Å². The number of thiophene rings is 1. The summed E-state index contributed by atoms with van der Waals surface area (Å²) in [5, 5.41) is 17.9. The number of aliphatic carboxylic acids is 1. The number of halogens is 1. The Balaban J connectivity index is 1.75. The van der Waals surface area contributed by atoms with E-state index < -0.39 is 5.97 Å². The second-order valence-corrected chi connectivity index (χ2v) is 9.51. The third kappa shape index (κ3) is 5.45. The summed E-state index contributed by atoms with van der Waals surface area (Å²) < 4.78 is 0. The molecule has 0 saturated carbocycles. The molecule has 0 fully saturated rings. The molecule has 4 rings (SSSR count). The van der Waals surface area contributed by atoms with Crippen LogP contribution >= 0.6 is 22.9 Å². The maximum absolute atomic E-state index is 13.0. The number of anilines is 2. The number of hydrogen-bond acceptors (Lipinski definition) is 5. The van der Waals surface area contributed by atoms with Crippen LogP contribution in [0.15, 0.2) is 53.9 Å². The van der Waals surface area contributed by atoms with Crippen LogP contribution in [-0.4, -0.2) is 36.0 Å². The van der Waals surface area contributed by atoms with Gasteiger partial charge in [-0.3, -0.25) is 9.59 Å². The Morgan fingerprint density at radius 2 is 1.88 bits per heavy atom. The number of carbonyl (C=O) groups is 2. The SMILES string of the molecule is CN(C)Cc1ccc(NC(=C2C(=O)Nc3cc(Cl)ccc32)c2cc(CCC(=O)O)cs2)cc1. The van der Waals surface area contributed by atoms with E-state index in [1.54, 1.807) is 12.1 Å². The van der Waals surface area contributed by atoms with E-state index in [0.717, 1.165) is 28.2 Å². The van der Waals surface area contributed by atoms with Gasteiger partial charge in [0, 0.05) is 29.2 Å². The van der Waals surface area contributed by atoms with Crippen LogP contribution in [0.4, 0.5) is 11.4 Å². The molecule has 8 heteroatoms. The number of nitrogens with zero attached hydrogens (tertiary/aromatic N) is 1. The van der Waals surface area contributed by atoms with Gasteiger partial charge in [-0.05, 0) is 67.4 Å². The molecule has 1 aliphatic heterocycles. The van der Waals surface area contributed by atoms with Gasteiger partial charge in [-0.2, -0.15) is 0 Å². The molecule has 0 atom stereocenters. The summed E-state index contributed by atoms with van der Waals surface area (Å²) in [6.45, 7) is 0.836. The Morgan fingerprint density at radius 1 is 1.12 bits per heavy atom. The fraction of sp³-hybridized carbons (Fsp3) is 0.200. The third-order valence-corrected chi connectivity index (χ3v) is 6.46. The second-order valence-electron chi connectivity index (χ2n) is 8.17. The van der Waals surface area contributed by atoms with Gasteiger partial charge in [0.15, 0.2) is 0 Å². The number of benzene rings is 2. The van der Waals surface area contributed by atoms with Gasteiger partial charge in [-0.25, -0.2) is 0 Å². The van der Waals surface area contributed by atoms with Crippen LogP contribution in [-0.2, 0) is 22.6 Å². The van der Waals surface area contributed by atoms with E-state index in [1.165, 1.54) is 16.9 Å². The Kier molecular flexibility index (Phi) is 6.83. The number of amides is 1. The van der Waals surface area contributed by atoms with Crippen molar-refractivity contribution in [1.29, 1.82) is 0 Å². The Bertz CT molecular complexity index is 1230. The topological polar surface area (TPSA) is 81.7 Å². The summed E-state index contributed by atoms with van der Waals surface area (Å²) in [6, 6.07) is 15.4. The number of aryl methyl sites for hydroxylation is 1. The maximum Gasteiger partial charge on any atom is 0.303 e. The van der Waals surface area contributed by atoms with Gasteiger partial charge < -0.3 is 20.6 Å². The van der Waals surface area contributed by atoms with E-state index in [9.17, 15) is 9.59 Å². The lowest BCUT2D eigenvalue weighted by Gasteiger charge is -2.14. The van der Waals surface area contributed by atoms with Gasteiger partial charge >= 0.3 is 5.97 Å². The van der Waals surface area contributed by atoms with Gasteiger partial charge in [0.25, 0.3) is 5.91 Å². The van der Waals surface area contributed by atoms with Crippen LogP contribution in [0.25, 0.3) is 11.3 Å². The zero-order chi connectivity index (χ0) is 23.5. The van der Waals surface area contributed by atoms with E-state index in [4.69, 9.17) is 16.7 Å². The van der Waals surface area contributed by atoms with Crippen molar-refractivity contribution in [3.63, 3.8) is 0 Å². The monoisotopic (exact) mass is 481 g/mol. The number of carboxylic acids is 1. The molecule has 2 heterocycles. The van der Waals surface area contributed by atoms with Crippen molar-refractivity contribution in [2.45, 2.75) is 19.4 Å². The molecule has 0 unspecified atom stereocenters. The minimum atomic E-state index is -0.835. The van der Waals surface area contributed by atoms with Crippen molar-refractivity contribution >= 4 is 57.5 Å². The number of carbonyl (C=O) groups excluding carboxylic acids is 1. The van der Waals surface area contributed by atoms with Crippen LogP contribution in [0.3, 0.4) is 0 Å². The highest BCUT2D eigenvalue weighted by molar-refractivity contribution is 7.11. The molecule has 0 spiro atoms. The number of carboxylic acid groups (broad SMARTS) is 1. The van der Waals surface area contributed by atoms with Gasteiger partial charge in [0.05, 0.1) is 21.8 Å². The first-order chi connectivity index (χ1) is 15.8. The maximum atomic E-state index is 13.0. The average molecular weight is 482 g/mol. The summed E-state index contributed by atoms with van der Waals surface area (Å²) in [7, 11) is 4.05. The van der Waals surface area contributed by atoms with E-state index in [-0.39, 0.29) is 12.3 Å². The summed E-state index contributed by atoms with van der Waals surface area (Å²) in [6.07, 6.45) is 0.497. The molecule has 3 N–H and O–H groups in total. The predicted octanol–water partition coefficient (Wildman–Crippen LogP) is 5.41. The zero-order valence-electron chi connectivity index (χ0n) is 18.3. The average Bonchev–Trinajstić information content (AvgIpc) is 3.35. The lowest BCUT2D eigenvalue weighted by molar-refractivity contribution is -0.137. The minimum absolute atomic E-state index is 0.0602. The summed E-state index contributed by atoms with van der Waals surface area (Å²) in [5.41, 5.74) is 5.63. The van der Waals surface area contributed by atoms with E-state index >= 15 is 0 Å². The van der Waals surface area contributed by atoms with Gasteiger partial charge in [0.2, 0.25) is 0 Å². The third-order valence-electron chi connectivity index (χ3n) is 5.23. The summed E-state index contributed by atoms with van der Waals surface area (Å²) in [4.78, 5) is 27.0. The van der Waals surface area contributed by atoms with Gasteiger partial charge in [-0.15, -0.1) is 11.3 Å². The van der Waals surface area contributed by atoms with Crippen molar-refractivity contribution in [3.8, 4) is 0 Å². The molecule has 0 aliphatic carbocycles. The van der Waals surface area contributed by atoms with E-state index in [2.05, 4.69) is 27.7 Å². The first-order valence-corrected chi connectivity index (χ1v) is 11.7. The highest BCUT2D eigenvalue weighted by Gasteiger charge is 2.29. The fourth-order valence-corrected chi connectivity index (χ4v) is 4.86. The Hall–Kier alpha value is -3.13. The van der Waals surface area contributed by atoms with Crippen molar-refractivity contribution in [3.05, 3.63) is 80.5 Å². The summed E-state index contributed by atoms with van der Waals surface area (Å²) >= 11 is 7.61. The first kappa shape index (κ1) is 23.0. The van der Waals surface area contributed by atoms with E-state index in [1.807, 2.05) is 43.7 Å². The largest absolute Gasteiger partial charge is 0.481 e. The molecule has 6 nitrogen and oxygen atoms in total.